The monoisotopic (exact) mass is 653 g/mol. The van der Waals surface area contributed by atoms with Gasteiger partial charge in [0.2, 0.25) is 5.13 Å². The first-order chi connectivity index (χ1) is 20.6. The van der Waals surface area contributed by atoms with Gasteiger partial charge in [0.15, 0.2) is 4.34 Å². The highest BCUT2D eigenvalue weighted by molar-refractivity contribution is 8.00. The van der Waals surface area contributed by atoms with E-state index in [1.807, 2.05) is 37.3 Å². The van der Waals surface area contributed by atoms with Gasteiger partial charge in [-0.25, -0.2) is 0 Å². The van der Waals surface area contributed by atoms with E-state index in [0.717, 1.165) is 17.5 Å². The van der Waals surface area contributed by atoms with E-state index in [9.17, 15) is 14.7 Å². The molecule has 1 aliphatic heterocycles. The molecule has 2 heterocycles. The predicted molar refractivity (Wildman–Crippen MR) is 173 cm³/mol. The number of halogens is 2. The van der Waals surface area contributed by atoms with Crippen LogP contribution in [0.4, 0.5) is 5.13 Å². The maximum Gasteiger partial charge on any atom is 0.301 e. The number of aliphatic hydroxyl groups is 1. The fourth-order valence-corrected chi connectivity index (χ4v) is 6.96. The van der Waals surface area contributed by atoms with Gasteiger partial charge in [0.1, 0.15) is 11.5 Å². The molecule has 1 atom stereocenters. The minimum absolute atomic E-state index is 0.0227. The van der Waals surface area contributed by atoms with Crippen LogP contribution in [0.25, 0.3) is 5.76 Å². The number of aryl methyl sites for hydroxylation is 1. The van der Waals surface area contributed by atoms with Gasteiger partial charge in [0, 0.05) is 21.4 Å². The number of amides is 1. The molecule has 1 saturated heterocycles. The minimum Gasteiger partial charge on any atom is -0.507 e. The van der Waals surface area contributed by atoms with Crippen LogP contribution in [0.3, 0.4) is 0 Å². The summed E-state index contributed by atoms with van der Waals surface area (Å²) in [6, 6.07) is 18.7. The smallest absolute Gasteiger partial charge is 0.301 e. The van der Waals surface area contributed by atoms with E-state index in [0.29, 0.717) is 49.5 Å². The first-order valence-corrected chi connectivity index (χ1v) is 16.2. The van der Waals surface area contributed by atoms with Crippen molar-refractivity contribution in [2.24, 2.45) is 5.92 Å². The molecule has 222 valence electrons. The largest absolute Gasteiger partial charge is 0.507 e. The van der Waals surface area contributed by atoms with Crippen LogP contribution in [-0.4, -0.2) is 33.6 Å². The molecule has 0 bridgehead atoms. The van der Waals surface area contributed by atoms with Crippen molar-refractivity contribution in [3.8, 4) is 5.75 Å². The summed E-state index contributed by atoms with van der Waals surface area (Å²) in [6.45, 7) is 6.70. The van der Waals surface area contributed by atoms with E-state index < -0.39 is 17.7 Å². The Morgan fingerprint density at radius 1 is 1.07 bits per heavy atom. The molecule has 1 N–H and O–H groups in total. The Bertz CT molecular complexity index is 1690. The number of rotatable bonds is 10. The number of ketones is 1. The molecule has 11 heteroatoms. The van der Waals surface area contributed by atoms with Crippen LogP contribution in [0, 0.1) is 12.8 Å². The summed E-state index contributed by atoms with van der Waals surface area (Å²) in [5.41, 5.74) is 2.89. The molecule has 1 unspecified atom stereocenters. The highest BCUT2D eigenvalue weighted by atomic mass is 35.5. The van der Waals surface area contributed by atoms with E-state index in [1.54, 1.807) is 36.4 Å². The van der Waals surface area contributed by atoms with E-state index >= 15 is 0 Å². The van der Waals surface area contributed by atoms with Gasteiger partial charge < -0.3 is 9.84 Å². The van der Waals surface area contributed by atoms with Crippen molar-refractivity contribution < 1.29 is 19.4 Å². The summed E-state index contributed by atoms with van der Waals surface area (Å²) in [6.07, 6.45) is 0.878. The average molecular weight is 655 g/mol. The zero-order valence-electron chi connectivity index (χ0n) is 23.7. The summed E-state index contributed by atoms with van der Waals surface area (Å²) in [4.78, 5) is 28.5. The molecule has 4 aromatic rings. The molecule has 0 radical (unpaired) electrons. The Labute approximate surface area is 268 Å². The molecule has 3 aromatic carbocycles. The first kappa shape index (κ1) is 31.1. The van der Waals surface area contributed by atoms with Gasteiger partial charge in [0.25, 0.3) is 5.78 Å². The highest BCUT2D eigenvalue weighted by Gasteiger charge is 2.48. The summed E-state index contributed by atoms with van der Waals surface area (Å²) in [5.74, 6) is -0.258. The van der Waals surface area contributed by atoms with Crippen LogP contribution >= 0.6 is 46.3 Å². The number of hydrogen-bond acceptors (Lipinski definition) is 8. The van der Waals surface area contributed by atoms with E-state index in [-0.39, 0.29) is 16.5 Å². The summed E-state index contributed by atoms with van der Waals surface area (Å²) in [5, 5.41) is 21.3. The molecule has 1 aliphatic rings. The molecule has 1 aromatic heterocycles. The van der Waals surface area contributed by atoms with E-state index in [1.165, 1.54) is 28.0 Å². The SMILES string of the molecule is Cc1ccc(C(O)=C2C(=O)C(=O)N(c3nnc(SCc4ccc(Cl)cc4Cl)s3)C2c2cccc(OCCC(C)C)c2)cc1. The number of nitrogens with zero attached hydrogens (tertiary/aromatic N) is 3. The van der Waals surface area contributed by atoms with E-state index in [4.69, 9.17) is 27.9 Å². The Kier molecular flexibility index (Phi) is 9.76. The first-order valence-electron chi connectivity index (χ1n) is 13.6. The second kappa shape index (κ2) is 13.5. The van der Waals surface area contributed by atoms with Gasteiger partial charge >= 0.3 is 5.91 Å². The number of hydrogen-bond donors (Lipinski definition) is 1. The lowest BCUT2D eigenvalue weighted by molar-refractivity contribution is -0.132. The molecule has 1 fully saturated rings. The number of benzene rings is 3. The minimum atomic E-state index is -0.938. The van der Waals surface area contributed by atoms with Crippen molar-refractivity contribution in [2.75, 3.05) is 11.5 Å². The van der Waals surface area contributed by atoms with Crippen molar-refractivity contribution >= 4 is 68.9 Å². The van der Waals surface area contributed by atoms with Gasteiger partial charge in [-0.15, -0.1) is 10.2 Å². The molecule has 1 amide bonds. The summed E-state index contributed by atoms with van der Waals surface area (Å²) < 4.78 is 6.57. The third-order valence-electron chi connectivity index (χ3n) is 6.88. The maximum atomic E-state index is 13.6. The van der Waals surface area contributed by atoms with Gasteiger partial charge in [-0.1, -0.05) is 108 Å². The lowest BCUT2D eigenvalue weighted by atomic mass is 9.95. The maximum absolute atomic E-state index is 13.6. The van der Waals surface area contributed by atoms with Gasteiger partial charge in [0.05, 0.1) is 18.2 Å². The Hall–Kier alpha value is -3.37. The number of carbonyl (C=O) groups is 2. The Morgan fingerprint density at radius 3 is 2.56 bits per heavy atom. The standard InChI is InChI=1S/C32H29Cl2N3O4S2/c1-18(2)13-14-41-24-6-4-5-21(15-24)27-26(28(38)20-9-7-19(3)8-10-20)29(39)30(40)37(27)31-35-36-32(43-31)42-17-22-11-12-23(33)16-25(22)34/h4-12,15-16,18,27,38H,13-14,17H2,1-3H3. The molecule has 43 heavy (non-hydrogen) atoms. The summed E-state index contributed by atoms with van der Waals surface area (Å²) >= 11 is 14.9. The molecule has 0 aliphatic carbocycles. The third-order valence-corrected chi connectivity index (χ3v) is 9.57. The Morgan fingerprint density at radius 2 is 1.84 bits per heavy atom. The molecule has 7 nitrogen and oxygen atoms in total. The number of thioether (sulfide) groups is 1. The second-order valence-electron chi connectivity index (χ2n) is 10.5. The van der Waals surface area contributed by atoms with Crippen molar-refractivity contribution in [2.45, 2.75) is 43.3 Å². The number of ether oxygens (including phenoxy) is 1. The second-order valence-corrected chi connectivity index (χ2v) is 13.5. The number of aliphatic hydroxyl groups excluding tert-OH is 1. The van der Waals surface area contributed by atoms with Crippen LogP contribution in [0.5, 0.6) is 5.75 Å². The van der Waals surface area contributed by atoms with Crippen LogP contribution in [-0.2, 0) is 15.3 Å². The van der Waals surface area contributed by atoms with Crippen LogP contribution in [0.1, 0.15) is 48.6 Å². The van der Waals surface area contributed by atoms with Crippen molar-refractivity contribution in [1.82, 2.24) is 10.2 Å². The average Bonchev–Trinajstić information content (AvgIpc) is 3.54. The fourth-order valence-electron chi connectivity index (χ4n) is 4.54. The highest BCUT2D eigenvalue weighted by Crippen LogP contribution is 2.44. The molecule has 5 rings (SSSR count). The number of aromatic nitrogens is 2. The van der Waals surface area contributed by atoms with Crippen LogP contribution in [0.2, 0.25) is 10.0 Å². The topological polar surface area (TPSA) is 92.6 Å². The van der Waals surface area contributed by atoms with Crippen LogP contribution < -0.4 is 9.64 Å². The zero-order chi connectivity index (χ0) is 30.7. The third kappa shape index (κ3) is 7.07. The predicted octanol–water partition coefficient (Wildman–Crippen LogP) is 8.50. The Balaban J connectivity index is 1.52. The molecular formula is C32H29Cl2N3O4S2. The number of carbonyl (C=O) groups excluding carboxylic acids is 2. The van der Waals surface area contributed by atoms with Crippen molar-refractivity contribution in [3.63, 3.8) is 0 Å². The number of anilines is 1. The van der Waals surface area contributed by atoms with E-state index in [2.05, 4.69) is 24.0 Å². The van der Waals surface area contributed by atoms with Crippen LogP contribution in [0.15, 0.2) is 76.6 Å². The normalized spacial score (nSPS) is 16.3. The van der Waals surface area contributed by atoms with Gasteiger partial charge in [-0.05, 0) is 54.7 Å². The number of Topliss-reactive ketones (excluding diaryl/α,β-unsaturated/α-hetero) is 1. The molecule has 0 saturated carbocycles. The summed E-state index contributed by atoms with van der Waals surface area (Å²) in [7, 11) is 0. The van der Waals surface area contributed by atoms with Crippen molar-refractivity contribution in [3.05, 3.63) is 105 Å². The quantitative estimate of drug-likeness (QED) is 0.0603. The lowest BCUT2D eigenvalue weighted by Gasteiger charge is -2.23. The zero-order valence-corrected chi connectivity index (χ0v) is 26.9. The fraction of sp³-hybridized carbons (Fsp3) is 0.250. The van der Waals surface area contributed by atoms with Crippen molar-refractivity contribution in [1.29, 1.82) is 0 Å². The van der Waals surface area contributed by atoms with Gasteiger partial charge in [-0.3, -0.25) is 14.5 Å². The lowest BCUT2D eigenvalue weighted by Crippen LogP contribution is -2.29. The molecule has 0 spiro atoms. The molecular weight excluding hydrogens is 625 g/mol. The van der Waals surface area contributed by atoms with Gasteiger partial charge in [-0.2, -0.15) is 0 Å².